The fraction of sp³-hybridized carbons (Fsp3) is 0.391. The molecule has 0 radical (unpaired) electrons. The van der Waals surface area contributed by atoms with Gasteiger partial charge >= 0.3 is 0 Å². The van der Waals surface area contributed by atoms with E-state index in [4.69, 9.17) is 18.7 Å². The van der Waals surface area contributed by atoms with Crippen LogP contribution in [0.4, 0.5) is 4.39 Å². The molecule has 0 amide bonds. The molecule has 0 saturated carbocycles. The van der Waals surface area contributed by atoms with Crippen LogP contribution < -0.4 is 14.2 Å². The van der Waals surface area contributed by atoms with Crippen LogP contribution in [0.2, 0.25) is 0 Å². The summed E-state index contributed by atoms with van der Waals surface area (Å²) in [5, 5.41) is 4.08. The summed E-state index contributed by atoms with van der Waals surface area (Å²) >= 11 is 0. The van der Waals surface area contributed by atoms with Gasteiger partial charge < -0.3 is 23.6 Å². The summed E-state index contributed by atoms with van der Waals surface area (Å²) in [6.07, 6.45) is 3.03. The maximum atomic E-state index is 13.1. The van der Waals surface area contributed by atoms with E-state index in [1.165, 1.54) is 12.1 Å². The lowest BCUT2D eigenvalue weighted by molar-refractivity contribution is 0.172. The van der Waals surface area contributed by atoms with Gasteiger partial charge in [0.2, 0.25) is 18.5 Å². The van der Waals surface area contributed by atoms with Crippen LogP contribution in [0.5, 0.6) is 17.2 Å². The molecule has 3 aromatic rings. The molecule has 0 spiro atoms. The van der Waals surface area contributed by atoms with Crippen molar-refractivity contribution in [1.29, 1.82) is 0 Å². The van der Waals surface area contributed by atoms with Gasteiger partial charge in [0.15, 0.2) is 11.5 Å². The molecule has 8 heteroatoms. The number of fused-ring (bicyclic) bond motifs is 1. The molecule has 5 rings (SSSR count). The Kier molecular flexibility index (Phi) is 5.71. The van der Waals surface area contributed by atoms with Gasteiger partial charge in [-0.3, -0.25) is 0 Å². The van der Waals surface area contributed by atoms with Crippen LogP contribution in [0.15, 0.2) is 47.0 Å². The second-order valence-corrected chi connectivity index (χ2v) is 7.82. The van der Waals surface area contributed by atoms with E-state index in [2.05, 4.69) is 15.0 Å². The number of nitrogens with zero attached hydrogens (tertiary/aromatic N) is 3. The average molecular weight is 425 g/mol. The van der Waals surface area contributed by atoms with Crippen molar-refractivity contribution in [1.82, 2.24) is 15.0 Å². The second-order valence-electron chi connectivity index (χ2n) is 7.82. The molecule has 2 aliphatic heterocycles. The quantitative estimate of drug-likeness (QED) is 0.524. The summed E-state index contributed by atoms with van der Waals surface area (Å²) in [6.45, 7) is 3.78. The molecule has 1 saturated heterocycles. The monoisotopic (exact) mass is 425 g/mol. The zero-order valence-electron chi connectivity index (χ0n) is 17.1. The van der Waals surface area contributed by atoms with Crippen molar-refractivity contribution in [3.63, 3.8) is 0 Å². The summed E-state index contributed by atoms with van der Waals surface area (Å²) in [5.41, 5.74) is 0.754. The van der Waals surface area contributed by atoms with Gasteiger partial charge in [-0.15, -0.1) is 0 Å². The van der Waals surface area contributed by atoms with Crippen LogP contribution in [-0.2, 0) is 0 Å². The minimum absolute atomic E-state index is 0.213. The number of hydrogen-bond acceptors (Lipinski definition) is 7. The normalized spacial score (nSPS) is 18.3. The van der Waals surface area contributed by atoms with Gasteiger partial charge in [-0.05, 0) is 62.2 Å². The van der Waals surface area contributed by atoms with Gasteiger partial charge in [-0.25, -0.2) is 4.39 Å². The summed E-state index contributed by atoms with van der Waals surface area (Å²) in [4.78, 5) is 6.97. The third kappa shape index (κ3) is 4.64. The maximum Gasteiger partial charge on any atom is 0.231 e. The third-order valence-corrected chi connectivity index (χ3v) is 5.63. The van der Waals surface area contributed by atoms with E-state index >= 15 is 0 Å². The van der Waals surface area contributed by atoms with Crippen LogP contribution in [0.3, 0.4) is 0 Å². The standard InChI is InChI=1S/C23H24FN3O4/c24-18-6-4-16(5-7-18)22-25-23(31-26-22)17-3-1-10-27(14-17)11-2-12-28-19-8-9-20-21(13-19)30-15-29-20/h4-9,13,17H,1-3,10-12,14-15H2. The van der Waals surface area contributed by atoms with E-state index in [-0.39, 0.29) is 18.5 Å². The maximum absolute atomic E-state index is 13.1. The van der Waals surface area contributed by atoms with Gasteiger partial charge in [0.25, 0.3) is 0 Å². The van der Waals surface area contributed by atoms with Crippen LogP contribution >= 0.6 is 0 Å². The Morgan fingerprint density at radius 3 is 2.87 bits per heavy atom. The number of likely N-dealkylation sites (tertiary alicyclic amines) is 1. The topological polar surface area (TPSA) is 69.9 Å². The predicted octanol–water partition coefficient (Wildman–Crippen LogP) is 4.25. The molecule has 1 fully saturated rings. The van der Waals surface area contributed by atoms with Crippen molar-refractivity contribution in [2.24, 2.45) is 0 Å². The van der Waals surface area contributed by atoms with Gasteiger partial charge in [0.05, 0.1) is 12.5 Å². The molecular formula is C23H24FN3O4. The summed E-state index contributed by atoms with van der Waals surface area (Å²) in [5.74, 6) is 3.37. The van der Waals surface area contributed by atoms with E-state index < -0.39 is 0 Å². The molecule has 0 bridgehead atoms. The van der Waals surface area contributed by atoms with E-state index in [0.717, 1.165) is 61.7 Å². The molecule has 162 valence electrons. The molecule has 1 unspecified atom stereocenters. The van der Waals surface area contributed by atoms with E-state index in [9.17, 15) is 4.39 Å². The van der Waals surface area contributed by atoms with E-state index in [1.807, 2.05) is 18.2 Å². The number of rotatable bonds is 7. The Morgan fingerprint density at radius 2 is 1.97 bits per heavy atom. The number of hydrogen-bond donors (Lipinski definition) is 0. The van der Waals surface area contributed by atoms with Gasteiger partial charge in [0, 0.05) is 24.7 Å². The van der Waals surface area contributed by atoms with Crippen LogP contribution in [0.25, 0.3) is 11.4 Å². The summed E-state index contributed by atoms with van der Waals surface area (Å²) in [7, 11) is 0. The van der Waals surface area contributed by atoms with E-state index in [0.29, 0.717) is 18.3 Å². The number of halogens is 1. The van der Waals surface area contributed by atoms with Crippen molar-refractivity contribution < 1.29 is 23.1 Å². The molecule has 1 aromatic heterocycles. The fourth-order valence-corrected chi connectivity index (χ4v) is 4.02. The minimum Gasteiger partial charge on any atom is -0.493 e. The highest BCUT2D eigenvalue weighted by Gasteiger charge is 2.26. The Balaban J connectivity index is 1.11. The zero-order chi connectivity index (χ0) is 21.0. The Hall–Kier alpha value is -3.13. The lowest BCUT2D eigenvalue weighted by Crippen LogP contribution is -2.35. The van der Waals surface area contributed by atoms with Gasteiger partial charge in [-0.2, -0.15) is 4.98 Å². The Morgan fingerprint density at radius 1 is 1.10 bits per heavy atom. The molecule has 0 N–H and O–H groups in total. The average Bonchev–Trinajstić information content (AvgIpc) is 3.47. The fourth-order valence-electron chi connectivity index (χ4n) is 4.02. The predicted molar refractivity (Wildman–Crippen MR) is 111 cm³/mol. The van der Waals surface area contributed by atoms with Gasteiger partial charge in [-0.1, -0.05) is 5.16 Å². The second kappa shape index (κ2) is 8.93. The largest absolute Gasteiger partial charge is 0.493 e. The number of benzene rings is 2. The minimum atomic E-state index is -0.280. The lowest BCUT2D eigenvalue weighted by atomic mass is 9.98. The van der Waals surface area contributed by atoms with Crippen molar-refractivity contribution >= 4 is 0 Å². The lowest BCUT2D eigenvalue weighted by Gasteiger charge is -2.30. The summed E-state index contributed by atoms with van der Waals surface area (Å²) in [6, 6.07) is 11.8. The highest BCUT2D eigenvalue weighted by Crippen LogP contribution is 2.35. The highest BCUT2D eigenvalue weighted by atomic mass is 19.1. The highest BCUT2D eigenvalue weighted by molar-refractivity contribution is 5.53. The molecule has 2 aliphatic rings. The van der Waals surface area contributed by atoms with Crippen LogP contribution in [0.1, 0.15) is 31.1 Å². The molecule has 0 aliphatic carbocycles. The number of aromatic nitrogens is 2. The Bertz CT molecular complexity index is 1020. The van der Waals surface area contributed by atoms with Crippen molar-refractivity contribution in [3.05, 3.63) is 54.2 Å². The zero-order valence-corrected chi connectivity index (χ0v) is 17.1. The molecule has 31 heavy (non-hydrogen) atoms. The first-order valence-corrected chi connectivity index (χ1v) is 10.6. The SMILES string of the molecule is Fc1ccc(-c2noc(C3CCCN(CCCOc4ccc5c(c4)OCO5)C3)n2)cc1. The first-order chi connectivity index (χ1) is 15.2. The molecular weight excluding hydrogens is 401 g/mol. The first kappa shape index (κ1) is 19.8. The van der Waals surface area contributed by atoms with Crippen molar-refractivity contribution in [2.75, 3.05) is 33.0 Å². The number of ether oxygens (including phenoxy) is 3. The molecule has 2 aromatic carbocycles. The van der Waals surface area contributed by atoms with E-state index in [1.54, 1.807) is 12.1 Å². The Labute approximate surface area is 179 Å². The smallest absolute Gasteiger partial charge is 0.231 e. The number of piperidine rings is 1. The molecule has 3 heterocycles. The van der Waals surface area contributed by atoms with Crippen molar-refractivity contribution in [2.45, 2.75) is 25.2 Å². The molecule has 1 atom stereocenters. The van der Waals surface area contributed by atoms with Gasteiger partial charge in [0.1, 0.15) is 11.6 Å². The molecule has 7 nitrogen and oxygen atoms in total. The summed E-state index contributed by atoms with van der Waals surface area (Å²) < 4.78 is 35.2. The van der Waals surface area contributed by atoms with Crippen LogP contribution in [0, 0.1) is 5.82 Å². The van der Waals surface area contributed by atoms with Crippen LogP contribution in [-0.4, -0.2) is 48.1 Å². The van der Waals surface area contributed by atoms with Crippen molar-refractivity contribution in [3.8, 4) is 28.6 Å². The first-order valence-electron chi connectivity index (χ1n) is 10.6. The third-order valence-electron chi connectivity index (χ3n) is 5.63.